The summed E-state index contributed by atoms with van der Waals surface area (Å²) in [5.74, 6) is 0. The van der Waals surface area contributed by atoms with Gasteiger partial charge in [0.1, 0.15) is 17.8 Å². The van der Waals surface area contributed by atoms with Gasteiger partial charge in [0.05, 0.1) is 0 Å². The Bertz CT molecular complexity index is 538. The van der Waals surface area contributed by atoms with Crippen LogP contribution in [0.5, 0.6) is 0 Å². The van der Waals surface area contributed by atoms with Crippen LogP contribution < -0.4 is 0 Å². The summed E-state index contributed by atoms with van der Waals surface area (Å²) in [6.07, 6.45) is 0.499. The molecule has 2 heteroatoms. The first-order valence-electron chi connectivity index (χ1n) is 6.74. The monoisotopic (exact) mass is 254 g/mol. The molecule has 1 heterocycles. The Hall–Kier alpha value is -1.64. The molecule has 1 fully saturated rings. The molecule has 0 saturated carbocycles. The van der Waals surface area contributed by atoms with Gasteiger partial charge in [0.2, 0.25) is 0 Å². The van der Waals surface area contributed by atoms with Gasteiger partial charge in [-0.3, -0.25) is 0 Å². The summed E-state index contributed by atoms with van der Waals surface area (Å²) in [6, 6.07) is 19.9. The maximum Gasteiger partial charge on any atom is 0.122 e. The Morgan fingerprint density at radius 1 is 1.00 bits per heavy atom. The van der Waals surface area contributed by atoms with Gasteiger partial charge in [0.15, 0.2) is 0 Å². The number of aliphatic hydroxyl groups is 1. The Labute approximate surface area is 113 Å². The van der Waals surface area contributed by atoms with Gasteiger partial charge in [-0.2, -0.15) is 0 Å². The van der Waals surface area contributed by atoms with Gasteiger partial charge in [-0.15, -0.1) is 0 Å². The molecular formula is C17H18O2. The Morgan fingerprint density at radius 3 is 2.16 bits per heavy atom. The van der Waals surface area contributed by atoms with Gasteiger partial charge in [-0.1, -0.05) is 67.6 Å². The second-order valence-corrected chi connectivity index (χ2v) is 5.03. The van der Waals surface area contributed by atoms with E-state index in [0.717, 1.165) is 11.1 Å². The summed E-state index contributed by atoms with van der Waals surface area (Å²) in [7, 11) is 0. The molecule has 1 aliphatic heterocycles. The van der Waals surface area contributed by atoms with E-state index < -0.39 is 5.60 Å². The van der Waals surface area contributed by atoms with Crippen LogP contribution in [0.4, 0.5) is 0 Å². The predicted molar refractivity (Wildman–Crippen MR) is 74.7 cm³/mol. The van der Waals surface area contributed by atoms with E-state index in [9.17, 15) is 5.11 Å². The lowest BCUT2D eigenvalue weighted by Gasteiger charge is -2.25. The van der Waals surface area contributed by atoms with Gasteiger partial charge in [-0.25, -0.2) is 0 Å². The van der Waals surface area contributed by atoms with Crippen LogP contribution in [0.1, 0.15) is 30.6 Å². The lowest BCUT2D eigenvalue weighted by Crippen LogP contribution is -2.31. The smallest absolute Gasteiger partial charge is 0.122 e. The van der Waals surface area contributed by atoms with Crippen LogP contribution >= 0.6 is 0 Å². The van der Waals surface area contributed by atoms with Crippen LogP contribution in [0.25, 0.3) is 0 Å². The normalized spacial score (nSPS) is 24.7. The minimum atomic E-state index is -0.901. The highest BCUT2D eigenvalue weighted by Gasteiger charge is 2.54. The molecule has 0 unspecified atom stereocenters. The van der Waals surface area contributed by atoms with E-state index in [1.807, 2.05) is 67.6 Å². The fourth-order valence-corrected chi connectivity index (χ4v) is 2.67. The maximum atomic E-state index is 10.9. The van der Waals surface area contributed by atoms with Crippen molar-refractivity contribution >= 4 is 0 Å². The van der Waals surface area contributed by atoms with Crippen LogP contribution in [-0.4, -0.2) is 11.2 Å². The van der Waals surface area contributed by atoms with Crippen LogP contribution in [0, 0.1) is 0 Å². The topological polar surface area (TPSA) is 32.8 Å². The fourth-order valence-electron chi connectivity index (χ4n) is 2.67. The number of ether oxygens (including phenoxy) is 1. The third-order valence-corrected chi connectivity index (χ3v) is 3.90. The molecule has 0 bridgehead atoms. The molecule has 2 aromatic carbocycles. The summed E-state index contributed by atoms with van der Waals surface area (Å²) in [4.78, 5) is 0. The molecule has 0 amide bonds. The van der Waals surface area contributed by atoms with Gasteiger partial charge in [0.25, 0.3) is 0 Å². The third kappa shape index (κ3) is 2.18. The van der Waals surface area contributed by atoms with E-state index in [1.54, 1.807) is 0 Å². The van der Waals surface area contributed by atoms with Gasteiger partial charge >= 0.3 is 0 Å². The number of hydrogen-bond donors (Lipinski definition) is 1. The van der Waals surface area contributed by atoms with Crippen molar-refractivity contribution in [3.63, 3.8) is 0 Å². The van der Waals surface area contributed by atoms with Crippen LogP contribution in [0.3, 0.4) is 0 Å². The fraction of sp³-hybridized carbons (Fsp3) is 0.294. The van der Waals surface area contributed by atoms with Crippen molar-refractivity contribution in [1.29, 1.82) is 0 Å². The van der Waals surface area contributed by atoms with Crippen molar-refractivity contribution in [2.45, 2.75) is 31.2 Å². The molecule has 98 valence electrons. The van der Waals surface area contributed by atoms with Gasteiger partial charge in [-0.05, 0) is 17.5 Å². The van der Waals surface area contributed by atoms with Crippen LogP contribution in [0.2, 0.25) is 0 Å². The Balaban J connectivity index is 1.86. The Morgan fingerprint density at radius 2 is 1.58 bits per heavy atom. The average Bonchev–Trinajstić information content (AvgIpc) is 3.29. The minimum absolute atomic E-state index is 0.00589. The highest BCUT2D eigenvalue weighted by Crippen LogP contribution is 2.50. The van der Waals surface area contributed by atoms with Crippen LogP contribution in [0.15, 0.2) is 60.7 Å². The quantitative estimate of drug-likeness (QED) is 0.848. The predicted octanol–water partition coefficient (Wildman–Crippen LogP) is 3.42. The van der Waals surface area contributed by atoms with Crippen molar-refractivity contribution in [1.82, 2.24) is 0 Å². The van der Waals surface area contributed by atoms with Crippen molar-refractivity contribution < 1.29 is 9.84 Å². The number of epoxide rings is 1. The van der Waals surface area contributed by atoms with E-state index in [1.165, 1.54) is 0 Å². The first-order valence-corrected chi connectivity index (χ1v) is 6.74. The molecule has 2 aromatic rings. The molecular weight excluding hydrogens is 236 g/mol. The molecule has 3 atom stereocenters. The highest BCUT2D eigenvalue weighted by atomic mass is 16.6. The molecule has 19 heavy (non-hydrogen) atoms. The number of rotatable bonds is 4. The first kappa shape index (κ1) is 12.4. The van der Waals surface area contributed by atoms with Gasteiger partial charge < -0.3 is 9.84 Å². The van der Waals surface area contributed by atoms with Gasteiger partial charge in [0, 0.05) is 0 Å². The second-order valence-electron chi connectivity index (χ2n) is 5.03. The zero-order chi connectivity index (χ0) is 13.3. The SMILES string of the molecule is CC[C@@](O)(c1ccccc1)[C@@H]1O[C@H]1c1ccccc1. The van der Waals surface area contributed by atoms with E-state index in [-0.39, 0.29) is 12.2 Å². The molecule has 2 nitrogen and oxygen atoms in total. The zero-order valence-corrected chi connectivity index (χ0v) is 11.0. The average molecular weight is 254 g/mol. The summed E-state index contributed by atoms with van der Waals surface area (Å²) < 4.78 is 5.76. The largest absolute Gasteiger partial charge is 0.382 e. The molecule has 3 rings (SSSR count). The van der Waals surface area contributed by atoms with Crippen molar-refractivity contribution in [2.75, 3.05) is 0 Å². The molecule has 0 radical (unpaired) electrons. The molecule has 0 spiro atoms. The lowest BCUT2D eigenvalue weighted by molar-refractivity contribution is 0.00332. The summed E-state index contributed by atoms with van der Waals surface area (Å²) in [5, 5.41) is 10.9. The lowest BCUT2D eigenvalue weighted by atomic mass is 9.85. The summed E-state index contributed by atoms with van der Waals surface area (Å²) in [6.45, 7) is 2.00. The first-order chi connectivity index (χ1) is 9.25. The second kappa shape index (κ2) is 4.80. The van der Waals surface area contributed by atoms with Crippen LogP contribution in [-0.2, 0) is 10.3 Å². The van der Waals surface area contributed by atoms with E-state index in [2.05, 4.69) is 0 Å². The minimum Gasteiger partial charge on any atom is -0.382 e. The van der Waals surface area contributed by atoms with Crippen molar-refractivity contribution in [3.8, 4) is 0 Å². The molecule has 1 N–H and O–H groups in total. The van der Waals surface area contributed by atoms with E-state index in [0.29, 0.717) is 6.42 Å². The summed E-state index contributed by atoms with van der Waals surface area (Å²) in [5.41, 5.74) is 1.16. The van der Waals surface area contributed by atoms with Crippen molar-refractivity contribution in [3.05, 3.63) is 71.8 Å². The van der Waals surface area contributed by atoms with Crippen molar-refractivity contribution in [2.24, 2.45) is 0 Å². The standard InChI is InChI=1S/C17H18O2/c1-2-17(18,14-11-7-4-8-12-14)16-15(19-16)13-9-5-3-6-10-13/h3-12,15-16,18H,2H2,1H3/t15-,16+,17+/m0/s1. The molecule has 0 aliphatic carbocycles. The molecule has 1 aliphatic rings. The Kier molecular flexibility index (Phi) is 3.13. The molecule has 1 saturated heterocycles. The number of benzene rings is 2. The zero-order valence-electron chi connectivity index (χ0n) is 11.0. The third-order valence-electron chi connectivity index (χ3n) is 3.90. The van der Waals surface area contributed by atoms with E-state index >= 15 is 0 Å². The maximum absolute atomic E-state index is 10.9. The number of hydrogen-bond acceptors (Lipinski definition) is 2. The van der Waals surface area contributed by atoms with E-state index in [4.69, 9.17) is 4.74 Å². The summed E-state index contributed by atoms with van der Waals surface area (Å²) >= 11 is 0. The molecule has 0 aromatic heterocycles. The highest BCUT2D eigenvalue weighted by molar-refractivity contribution is 5.30.